The van der Waals surface area contributed by atoms with E-state index in [1.165, 1.54) is 11.4 Å². The fraction of sp³-hybridized carbons (Fsp3) is 0.750. The highest BCUT2D eigenvalue weighted by atomic mass is 32.2. The van der Waals surface area contributed by atoms with E-state index >= 15 is 0 Å². The number of aromatic nitrogens is 2. The highest BCUT2D eigenvalue weighted by molar-refractivity contribution is 7.99. The molecule has 0 aliphatic carbocycles. The van der Waals surface area contributed by atoms with Crippen molar-refractivity contribution in [3.05, 3.63) is 17.5 Å². The SMILES string of the molecule is Cc1cc(CC(CSCC(C)C)NN)n(C)n1. The number of hydrazine groups is 1. The van der Waals surface area contributed by atoms with Crippen molar-refractivity contribution in [1.82, 2.24) is 15.2 Å². The predicted octanol–water partition coefficient (Wildman–Crippen LogP) is 1.49. The van der Waals surface area contributed by atoms with Gasteiger partial charge in [-0.15, -0.1) is 0 Å². The molecule has 0 aliphatic heterocycles. The Kier molecular flexibility index (Phi) is 6.02. The summed E-state index contributed by atoms with van der Waals surface area (Å²) >= 11 is 1.95. The third kappa shape index (κ3) is 5.10. The second kappa shape index (κ2) is 7.03. The fourth-order valence-corrected chi connectivity index (χ4v) is 2.83. The standard InChI is InChI=1S/C12H24N4S/c1-9(2)7-17-8-11(14-13)6-12-5-10(3)15-16(12)4/h5,9,11,14H,6-8,13H2,1-4H3. The van der Waals surface area contributed by atoms with E-state index in [0.717, 1.165) is 23.8 Å². The second-order valence-electron chi connectivity index (χ2n) is 4.90. The van der Waals surface area contributed by atoms with Crippen molar-refractivity contribution in [3.8, 4) is 0 Å². The predicted molar refractivity (Wildman–Crippen MR) is 74.9 cm³/mol. The van der Waals surface area contributed by atoms with Gasteiger partial charge in [0.1, 0.15) is 0 Å². The van der Waals surface area contributed by atoms with Crippen LogP contribution in [0.2, 0.25) is 0 Å². The quantitative estimate of drug-likeness (QED) is 0.573. The Hall–Kier alpha value is -0.520. The molecule has 1 heterocycles. The Labute approximate surface area is 108 Å². The first-order valence-corrected chi connectivity index (χ1v) is 7.21. The zero-order valence-corrected chi connectivity index (χ0v) is 12.0. The van der Waals surface area contributed by atoms with Crippen molar-refractivity contribution in [1.29, 1.82) is 0 Å². The van der Waals surface area contributed by atoms with Gasteiger partial charge in [-0.3, -0.25) is 16.0 Å². The first kappa shape index (κ1) is 14.5. The Morgan fingerprint density at radius 2 is 2.18 bits per heavy atom. The maximum Gasteiger partial charge on any atom is 0.0596 e. The van der Waals surface area contributed by atoms with Gasteiger partial charge in [0, 0.05) is 31.0 Å². The fourth-order valence-electron chi connectivity index (χ4n) is 1.72. The molecule has 98 valence electrons. The van der Waals surface area contributed by atoms with Crippen LogP contribution in [0.15, 0.2) is 6.07 Å². The summed E-state index contributed by atoms with van der Waals surface area (Å²) in [6.45, 7) is 6.49. The molecule has 0 radical (unpaired) electrons. The highest BCUT2D eigenvalue weighted by Crippen LogP contribution is 2.12. The van der Waals surface area contributed by atoms with Crippen LogP contribution in [0.1, 0.15) is 25.2 Å². The van der Waals surface area contributed by atoms with Gasteiger partial charge in [-0.2, -0.15) is 16.9 Å². The van der Waals surface area contributed by atoms with E-state index < -0.39 is 0 Å². The van der Waals surface area contributed by atoms with Crippen molar-refractivity contribution >= 4 is 11.8 Å². The molecule has 5 heteroatoms. The van der Waals surface area contributed by atoms with E-state index in [4.69, 9.17) is 5.84 Å². The van der Waals surface area contributed by atoms with Crippen molar-refractivity contribution in [2.45, 2.75) is 33.2 Å². The third-order valence-corrected chi connectivity index (χ3v) is 4.10. The Balaban J connectivity index is 2.43. The molecule has 1 atom stereocenters. The highest BCUT2D eigenvalue weighted by Gasteiger charge is 2.11. The lowest BCUT2D eigenvalue weighted by atomic mass is 10.2. The van der Waals surface area contributed by atoms with E-state index in [0.29, 0.717) is 6.04 Å². The van der Waals surface area contributed by atoms with E-state index in [2.05, 4.69) is 30.4 Å². The molecule has 1 unspecified atom stereocenters. The summed E-state index contributed by atoms with van der Waals surface area (Å²) < 4.78 is 1.94. The maximum atomic E-state index is 5.60. The minimum absolute atomic E-state index is 0.313. The Bertz CT molecular complexity index is 335. The number of nitrogens with two attached hydrogens (primary N) is 1. The smallest absolute Gasteiger partial charge is 0.0596 e. The molecule has 0 spiro atoms. The van der Waals surface area contributed by atoms with Gasteiger partial charge in [0.05, 0.1) is 5.69 Å². The minimum Gasteiger partial charge on any atom is -0.272 e. The number of thioether (sulfide) groups is 1. The van der Waals surface area contributed by atoms with Gasteiger partial charge in [-0.05, 0) is 24.7 Å². The molecule has 0 saturated heterocycles. The number of aryl methyl sites for hydroxylation is 2. The van der Waals surface area contributed by atoms with Crippen LogP contribution in [0, 0.1) is 12.8 Å². The molecule has 0 aliphatic rings. The molecule has 4 nitrogen and oxygen atoms in total. The van der Waals surface area contributed by atoms with E-state index in [9.17, 15) is 0 Å². The molecular formula is C12H24N4S. The van der Waals surface area contributed by atoms with Crippen molar-refractivity contribution < 1.29 is 0 Å². The summed E-state index contributed by atoms with van der Waals surface area (Å²) in [4.78, 5) is 0. The number of hydrogen-bond acceptors (Lipinski definition) is 4. The monoisotopic (exact) mass is 256 g/mol. The molecule has 1 aromatic rings. The molecule has 0 fully saturated rings. The molecule has 0 aromatic carbocycles. The van der Waals surface area contributed by atoms with Gasteiger partial charge in [0.25, 0.3) is 0 Å². The van der Waals surface area contributed by atoms with Crippen molar-refractivity contribution in [2.75, 3.05) is 11.5 Å². The number of rotatable bonds is 7. The van der Waals surface area contributed by atoms with Crippen LogP contribution in [-0.2, 0) is 13.5 Å². The van der Waals surface area contributed by atoms with Gasteiger partial charge >= 0.3 is 0 Å². The average Bonchev–Trinajstić information content (AvgIpc) is 2.55. The van der Waals surface area contributed by atoms with Gasteiger partial charge in [-0.25, -0.2) is 0 Å². The minimum atomic E-state index is 0.313. The first-order valence-electron chi connectivity index (χ1n) is 6.06. The largest absolute Gasteiger partial charge is 0.272 e. The maximum absolute atomic E-state index is 5.60. The summed E-state index contributed by atoms with van der Waals surface area (Å²) in [7, 11) is 1.98. The summed E-state index contributed by atoms with van der Waals surface area (Å²) in [5, 5.41) is 4.35. The number of hydrogen-bond donors (Lipinski definition) is 2. The van der Waals surface area contributed by atoms with Crippen molar-refractivity contribution in [2.24, 2.45) is 18.8 Å². The average molecular weight is 256 g/mol. The lowest BCUT2D eigenvalue weighted by Crippen LogP contribution is -2.39. The Morgan fingerprint density at radius 1 is 1.47 bits per heavy atom. The number of nitrogens with one attached hydrogen (secondary N) is 1. The summed E-state index contributed by atoms with van der Waals surface area (Å²) in [5.74, 6) is 8.56. The van der Waals surface area contributed by atoms with Crippen LogP contribution in [0.3, 0.4) is 0 Å². The lowest BCUT2D eigenvalue weighted by Gasteiger charge is -2.16. The molecule has 1 rings (SSSR count). The normalized spacial score (nSPS) is 13.3. The number of nitrogens with zero attached hydrogens (tertiary/aromatic N) is 2. The van der Waals surface area contributed by atoms with Crippen LogP contribution in [0.4, 0.5) is 0 Å². The van der Waals surface area contributed by atoms with Crippen LogP contribution < -0.4 is 11.3 Å². The summed E-state index contributed by atoms with van der Waals surface area (Å²) in [6, 6.07) is 2.44. The second-order valence-corrected chi connectivity index (χ2v) is 5.97. The van der Waals surface area contributed by atoms with Crippen LogP contribution in [0.5, 0.6) is 0 Å². The molecule has 1 aromatic heterocycles. The third-order valence-electron chi connectivity index (χ3n) is 2.56. The molecular weight excluding hydrogens is 232 g/mol. The van der Waals surface area contributed by atoms with Gasteiger partial charge in [0.2, 0.25) is 0 Å². The van der Waals surface area contributed by atoms with Crippen LogP contribution >= 0.6 is 11.8 Å². The molecule has 17 heavy (non-hydrogen) atoms. The molecule has 0 bridgehead atoms. The molecule has 0 saturated carbocycles. The molecule has 3 N–H and O–H groups in total. The van der Waals surface area contributed by atoms with E-state index in [-0.39, 0.29) is 0 Å². The van der Waals surface area contributed by atoms with E-state index in [1.54, 1.807) is 0 Å². The summed E-state index contributed by atoms with van der Waals surface area (Å²) in [6.07, 6.45) is 0.929. The lowest BCUT2D eigenvalue weighted by molar-refractivity contribution is 0.550. The van der Waals surface area contributed by atoms with E-state index in [1.807, 2.05) is 30.4 Å². The van der Waals surface area contributed by atoms with Crippen LogP contribution in [-0.4, -0.2) is 27.3 Å². The van der Waals surface area contributed by atoms with Crippen LogP contribution in [0.25, 0.3) is 0 Å². The van der Waals surface area contributed by atoms with Gasteiger partial charge < -0.3 is 0 Å². The van der Waals surface area contributed by atoms with Gasteiger partial charge in [0.15, 0.2) is 0 Å². The first-order chi connectivity index (χ1) is 8.02. The topological polar surface area (TPSA) is 55.9 Å². The zero-order valence-electron chi connectivity index (χ0n) is 11.2. The Morgan fingerprint density at radius 3 is 2.65 bits per heavy atom. The molecule has 0 amide bonds. The van der Waals surface area contributed by atoms with Gasteiger partial charge in [-0.1, -0.05) is 13.8 Å². The summed E-state index contributed by atoms with van der Waals surface area (Å²) in [5.41, 5.74) is 5.19. The zero-order chi connectivity index (χ0) is 12.8. The van der Waals surface area contributed by atoms with Crippen molar-refractivity contribution in [3.63, 3.8) is 0 Å².